The van der Waals surface area contributed by atoms with Gasteiger partial charge in [-0.3, -0.25) is 14.5 Å². The molecule has 1 spiro atoms. The fraction of sp³-hybridized carbons (Fsp3) is 0.286. The Kier molecular flexibility index (Phi) is 5.97. The summed E-state index contributed by atoms with van der Waals surface area (Å²) in [5.41, 5.74) is 1.92. The second kappa shape index (κ2) is 9.21. The summed E-state index contributed by atoms with van der Waals surface area (Å²) in [5, 5.41) is 0. The van der Waals surface area contributed by atoms with E-state index in [0.717, 1.165) is 22.7 Å². The van der Waals surface area contributed by atoms with Crippen LogP contribution in [0.15, 0.2) is 78.9 Å². The quantitative estimate of drug-likeness (QED) is 0.569. The number of benzene rings is 3. The summed E-state index contributed by atoms with van der Waals surface area (Å²) >= 11 is 0. The van der Waals surface area contributed by atoms with Gasteiger partial charge in [0.2, 0.25) is 11.8 Å². The molecule has 1 saturated heterocycles. The van der Waals surface area contributed by atoms with Gasteiger partial charge >= 0.3 is 0 Å². The van der Waals surface area contributed by atoms with E-state index in [1.807, 2.05) is 83.8 Å². The molecule has 34 heavy (non-hydrogen) atoms. The topological polar surface area (TPSA) is 59.1 Å². The third-order valence-corrected chi connectivity index (χ3v) is 6.71. The van der Waals surface area contributed by atoms with Crippen LogP contribution in [0.2, 0.25) is 0 Å². The van der Waals surface area contributed by atoms with Gasteiger partial charge in [-0.15, -0.1) is 0 Å². The Morgan fingerprint density at radius 1 is 0.941 bits per heavy atom. The number of anilines is 2. The maximum atomic E-state index is 13.5. The van der Waals surface area contributed by atoms with E-state index in [0.29, 0.717) is 38.1 Å². The SMILES string of the molecule is COc1ccc(CC(=O)N2CCC3(CC2)CC(=O)N(c2ccccc2)c2ccccc2O3)cc1. The molecule has 2 aliphatic rings. The van der Waals surface area contributed by atoms with Gasteiger partial charge in [0.1, 0.15) is 17.1 Å². The van der Waals surface area contributed by atoms with Gasteiger partial charge in [-0.25, -0.2) is 0 Å². The van der Waals surface area contributed by atoms with Crippen molar-refractivity contribution in [2.75, 3.05) is 25.1 Å². The zero-order chi connectivity index (χ0) is 23.5. The zero-order valence-electron chi connectivity index (χ0n) is 19.3. The average Bonchev–Trinajstić information content (AvgIpc) is 2.98. The lowest BCUT2D eigenvalue weighted by atomic mass is 9.87. The van der Waals surface area contributed by atoms with Crippen LogP contribution in [0.4, 0.5) is 11.4 Å². The van der Waals surface area contributed by atoms with Crippen molar-refractivity contribution in [3.63, 3.8) is 0 Å². The predicted octanol–water partition coefficient (Wildman–Crippen LogP) is 4.75. The van der Waals surface area contributed by atoms with Gasteiger partial charge in [-0.05, 0) is 42.0 Å². The molecule has 3 aromatic carbocycles. The lowest BCUT2D eigenvalue weighted by molar-refractivity contribution is -0.134. The van der Waals surface area contributed by atoms with E-state index in [1.165, 1.54) is 0 Å². The Labute approximate surface area is 199 Å². The number of carbonyl (C=O) groups is 2. The number of hydrogen-bond acceptors (Lipinski definition) is 4. The van der Waals surface area contributed by atoms with Crippen molar-refractivity contribution in [2.24, 2.45) is 0 Å². The molecular weight excluding hydrogens is 428 g/mol. The molecule has 174 valence electrons. The fourth-order valence-corrected chi connectivity index (χ4v) is 4.82. The number of piperidine rings is 1. The van der Waals surface area contributed by atoms with Crippen LogP contribution in [0, 0.1) is 0 Å². The minimum atomic E-state index is -0.617. The van der Waals surface area contributed by atoms with Gasteiger partial charge < -0.3 is 14.4 Å². The van der Waals surface area contributed by atoms with Crippen molar-refractivity contribution in [1.29, 1.82) is 0 Å². The molecule has 2 heterocycles. The third kappa shape index (κ3) is 4.36. The largest absolute Gasteiger partial charge is 0.497 e. The Morgan fingerprint density at radius 3 is 2.32 bits per heavy atom. The molecule has 0 saturated carbocycles. The van der Waals surface area contributed by atoms with Crippen molar-refractivity contribution in [3.8, 4) is 11.5 Å². The summed E-state index contributed by atoms with van der Waals surface area (Å²) in [6.07, 6.45) is 1.85. The maximum absolute atomic E-state index is 13.5. The standard InChI is InChI=1S/C28H28N2O4/c1-33-23-13-11-21(12-14-23)19-26(31)29-17-15-28(16-18-29)20-27(32)30(22-7-3-2-4-8-22)24-9-5-6-10-25(24)34-28/h2-14H,15-20H2,1H3. The van der Waals surface area contributed by atoms with E-state index >= 15 is 0 Å². The van der Waals surface area contributed by atoms with E-state index in [4.69, 9.17) is 9.47 Å². The van der Waals surface area contributed by atoms with E-state index < -0.39 is 5.60 Å². The smallest absolute Gasteiger partial charge is 0.235 e. The lowest BCUT2D eigenvalue weighted by Gasteiger charge is -2.40. The second-order valence-electron chi connectivity index (χ2n) is 8.90. The Morgan fingerprint density at radius 2 is 1.62 bits per heavy atom. The summed E-state index contributed by atoms with van der Waals surface area (Å²) in [5.74, 6) is 1.58. The molecule has 2 amide bonds. The molecular formula is C28H28N2O4. The lowest BCUT2D eigenvalue weighted by Crippen LogP contribution is -2.51. The molecule has 0 radical (unpaired) electrons. The van der Waals surface area contributed by atoms with E-state index in [2.05, 4.69) is 0 Å². The molecule has 0 N–H and O–H groups in total. The van der Waals surface area contributed by atoms with Crippen LogP contribution in [0.1, 0.15) is 24.8 Å². The van der Waals surface area contributed by atoms with Gasteiger partial charge in [0.25, 0.3) is 0 Å². The Bertz CT molecular complexity index is 1170. The minimum absolute atomic E-state index is 0.00848. The van der Waals surface area contributed by atoms with Crippen LogP contribution >= 0.6 is 0 Å². The molecule has 3 aromatic rings. The van der Waals surface area contributed by atoms with Gasteiger partial charge in [0.15, 0.2) is 0 Å². The first-order chi connectivity index (χ1) is 16.6. The minimum Gasteiger partial charge on any atom is -0.497 e. The number of hydrogen-bond donors (Lipinski definition) is 0. The molecule has 0 aliphatic carbocycles. The van der Waals surface area contributed by atoms with Crippen LogP contribution in [0.3, 0.4) is 0 Å². The summed E-state index contributed by atoms with van der Waals surface area (Å²) < 4.78 is 11.8. The highest BCUT2D eigenvalue weighted by Gasteiger charge is 2.44. The molecule has 1 fully saturated rings. The number of methoxy groups -OCH3 is 1. The zero-order valence-corrected chi connectivity index (χ0v) is 19.3. The second-order valence-corrected chi connectivity index (χ2v) is 8.90. The number of amides is 2. The Hall–Kier alpha value is -3.80. The molecule has 5 rings (SSSR count). The van der Waals surface area contributed by atoms with Gasteiger partial charge in [0.05, 0.1) is 25.6 Å². The number of ether oxygens (including phenoxy) is 2. The monoisotopic (exact) mass is 456 g/mol. The number of likely N-dealkylation sites (tertiary alicyclic amines) is 1. The molecule has 0 bridgehead atoms. The molecule has 0 atom stereocenters. The van der Waals surface area contributed by atoms with Crippen molar-refractivity contribution in [2.45, 2.75) is 31.3 Å². The highest BCUT2D eigenvalue weighted by Crippen LogP contribution is 2.43. The number of nitrogens with zero attached hydrogens (tertiary/aromatic N) is 2. The van der Waals surface area contributed by atoms with Crippen LogP contribution in [-0.4, -0.2) is 42.5 Å². The predicted molar refractivity (Wildman–Crippen MR) is 131 cm³/mol. The summed E-state index contributed by atoms with van der Waals surface area (Å²) in [6, 6.07) is 25.0. The summed E-state index contributed by atoms with van der Waals surface area (Å²) in [7, 11) is 1.63. The van der Waals surface area contributed by atoms with Gasteiger partial charge in [-0.2, -0.15) is 0 Å². The molecule has 2 aliphatic heterocycles. The van der Waals surface area contributed by atoms with Crippen LogP contribution in [0.5, 0.6) is 11.5 Å². The van der Waals surface area contributed by atoms with Crippen LogP contribution < -0.4 is 14.4 Å². The molecule has 0 aromatic heterocycles. The number of rotatable bonds is 4. The van der Waals surface area contributed by atoms with E-state index in [9.17, 15) is 9.59 Å². The van der Waals surface area contributed by atoms with Crippen molar-refractivity contribution in [3.05, 3.63) is 84.4 Å². The third-order valence-electron chi connectivity index (χ3n) is 6.71. The highest BCUT2D eigenvalue weighted by atomic mass is 16.5. The first-order valence-corrected chi connectivity index (χ1v) is 11.6. The summed E-state index contributed by atoms with van der Waals surface area (Å²) in [4.78, 5) is 30.1. The normalized spacial score (nSPS) is 17.0. The number of carbonyl (C=O) groups excluding carboxylic acids is 2. The number of para-hydroxylation sites is 3. The van der Waals surface area contributed by atoms with E-state index in [-0.39, 0.29) is 18.2 Å². The Balaban J connectivity index is 1.32. The first kappa shape index (κ1) is 22.0. The van der Waals surface area contributed by atoms with E-state index in [1.54, 1.807) is 12.0 Å². The highest BCUT2D eigenvalue weighted by molar-refractivity contribution is 6.03. The van der Waals surface area contributed by atoms with Crippen molar-refractivity contribution >= 4 is 23.2 Å². The molecule has 6 heteroatoms. The van der Waals surface area contributed by atoms with Crippen molar-refractivity contribution < 1.29 is 19.1 Å². The molecule has 0 unspecified atom stereocenters. The summed E-state index contributed by atoms with van der Waals surface area (Å²) in [6.45, 7) is 1.13. The average molecular weight is 457 g/mol. The van der Waals surface area contributed by atoms with Gasteiger partial charge in [-0.1, -0.05) is 42.5 Å². The fourth-order valence-electron chi connectivity index (χ4n) is 4.82. The van der Waals surface area contributed by atoms with Crippen molar-refractivity contribution in [1.82, 2.24) is 4.90 Å². The van der Waals surface area contributed by atoms with Crippen LogP contribution in [-0.2, 0) is 16.0 Å². The maximum Gasteiger partial charge on any atom is 0.235 e. The number of fused-ring (bicyclic) bond motifs is 1. The van der Waals surface area contributed by atoms with Crippen LogP contribution in [0.25, 0.3) is 0 Å². The first-order valence-electron chi connectivity index (χ1n) is 11.6. The molecule has 6 nitrogen and oxygen atoms in total. The van der Waals surface area contributed by atoms with Gasteiger partial charge in [0, 0.05) is 31.6 Å².